The van der Waals surface area contributed by atoms with Crippen LogP contribution in [0.4, 0.5) is 4.39 Å². The average molecular weight is 263 g/mol. The number of hydrogen-bond donors (Lipinski definition) is 0. The molecule has 1 saturated heterocycles. The van der Waals surface area contributed by atoms with Crippen molar-refractivity contribution in [1.82, 2.24) is 4.90 Å². The fourth-order valence-corrected chi connectivity index (χ4v) is 2.72. The van der Waals surface area contributed by atoms with E-state index in [9.17, 15) is 9.18 Å². The van der Waals surface area contributed by atoms with Crippen LogP contribution in [-0.4, -0.2) is 29.8 Å². The number of rotatable bonds is 4. The van der Waals surface area contributed by atoms with Crippen molar-refractivity contribution < 1.29 is 9.18 Å². The lowest BCUT2D eigenvalue weighted by Gasteiger charge is -2.36. The van der Waals surface area contributed by atoms with Gasteiger partial charge in [-0.2, -0.15) is 0 Å². The van der Waals surface area contributed by atoms with Crippen LogP contribution in [0.25, 0.3) is 0 Å². The van der Waals surface area contributed by atoms with Crippen LogP contribution >= 0.6 is 0 Å². The van der Waals surface area contributed by atoms with Crippen LogP contribution in [0.2, 0.25) is 0 Å². The average Bonchev–Trinajstić information content (AvgIpc) is 2.40. The molecule has 0 bridgehead atoms. The third-order valence-corrected chi connectivity index (χ3v) is 4.04. The van der Waals surface area contributed by atoms with Crippen LogP contribution in [0, 0.1) is 11.7 Å². The molecule has 0 radical (unpaired) electrons. The standard InChI is InChI=1S/C16H22FNO/c1-12-3-4-13(2)18(11-12)10-9-16(19)14-5-7-15(17)8-6-14/h5-8,12-13H,3-4,9-11H2,1-2H3. The molecular formula is C16H22FNO. The predicted molar refractivity (Wildman–Crippen MR) is 74.8 cm³/mol. The highest BCUT2D eigenvalue weighted by Crippen LogP contribution is 2.21. The molecule has 2 nitrogen and oxygen atoms in total. The van der Waals surface area contributed by atoms with Gasteiger partial charge in [-0.1, -0.05) is 6.92 Å². The Kier molecular flexibility index (Phi) is 4.70. The third kappa shape index (κ3) is 3.87. The van der Waals surface area contributed by atoms with Crippen LogP contribution in [-0.2, 0) is 0 Å². The van der Waals surface area contributed by atoms with Crippen molar-refractivity contribution in [1.29, 1.82) is 0 Å². The van der Waals surface area contributed by atoms with Crippen molar-refractivity contribution in [3.63, 3.8) is 0 Å². The number of halogens is 1. The van der Waals surface area contributed by atoms with Crippen molar-refractivity contribution in [3.8, 4) is 0 Å². The van der Waals surface area contributed by atoms with E-state index in [-0.39, 0.29) is 11.6 Å². The maximum atomic E-state index is 12.8. The van der Waals surface area contributed by atoms with Crippen LogP contribution < -0.4 is 0 Å². The largest absolute Gasteiger partial charge is 0.300 e. The summed E-state index contributed by atoms with van der Waals surface area (Å²) in [6, 6.07) is 6.40. The lowest BCUT2D eigenvalue weighted by Crippen LogP contribution is -2.42. The van der Waals surface area contributed by atoms with Crippen molar-refractivity contribution in [2.45, 2.75) is 39.2 Å². The van der Waals surface area contributed by atoms with Gasteiger partial charge in [0.15, 0.2) is 5.78 Å². The van der Waals surface area contributed by atoms with E-state index in [1.165, 1.54) is 25.0 Å². The zero-order valence-electron chi connectivity index (χ0n) is 11.7. The predicted octanol–water partition coefficient (Wildman–Crippen LogP) is 3.52. The molecule has 1 aromatic rings. The normalized spacial score (nSPS) is 24.4. The Bertz CT molecular complexity index is 429. The van der Waals surface area contributed by atoms with Gasteiger partial charge in [0.2, 0.25) is 0 Å². The maximum absolute atomic E-state index is 12.8. The Hall–Kier alpha value is -1.22. The fraction of sp³-hybridized carbons (Fsp3) is 0.562. The number of benzene rings is 1. The first kappa shape index (κ1) is 14.2. The van der Waals surface area contributed by atoms with Crippen molar-refractivity contribution >= 4 is 5.78 Å². The van der Waals surface area contributed by atoms with E-state index in [1.807, 2.05) is 0 Å². The molecular weight excluding hydrogens is 241 g/mol. The first-order valence-corrected chi connectivity index (χ1v) is 7.09. The van der Waals surface area contributed by atoms with Gasteiger partial charge in [0.25, 0.3) is 0 Å². The van der Waals surface area contributed by atoms with Gasteiger partial charge < -0.3 is 0 Å². The Morgan fingerprint density at radius 1 is 1.26 bits per heavy atom. The zero-order chi connectivity index (χ0) is 13.8. The lowest BCUT2D eigenvalue weighted by atomic mass is 9.94. The molecule has 1 aromatic carbocycles. The van der Waals surface area contributed by atoms with E-state index in [0.717, 1.165) is 19.0 Å². The minimum atomic E-state index is -0.296. The van der Waals surface area contributed by atoms with Gasteiger partial charge in [0, 0.05) is 31.1 Å². The third-order valence-electron chi connectivity index (χ3n) is 4.04. The summed E-state index contributed by atoms with van der Waals surface area (Å²) in [5.41, 5.74) is 0.610. The molecule has 1 aliphatic rings. The van der Waals surface area contributed by atoms with Gasteiger partial charge in [-0.3, -0.25) is 9.69 Å². The molecule has 3 heteroatoms. The molecule has 19 heavy (non-hydrogen) atoms. The quantitative estimate of drug-likeness (QED) is 0.775. The molecule has 1 aliphatic heterocycles. The number of nitrogens with zero attached hydrogens (tertiary/aromatic N) is 1. The van der Waals surface area contributed by atoms with E-state index in [1.54, 1.807) is 12.1 Å². The zero-order valence-corrected chi connectivity index (χ0v) is 11.7. The van der Waals surface area contributed by atoms with E-state index < -0.39 is 0 Å². The van der Waals surface area contributed by atoms with Crippen LogP contribution in [0.15, 0.2) is 24.3 Å². The summed E-state index contributed by atoms with van der Waals surface area (Å²) in [6.45, 7) is 6.38. The Labute approximate surface area is 114 Å². The molecule has 1 fully saturated rings. The first-order chi connectivity index (χ1) is 9.06. The van der Waals surface area contributed by atoms with E-state index in [0.29, 0.717) is 18.0 Å². The molecule has 0 amide bonds. The molecule has 2 unspecified atom stereocenters. The fourth-order valence-electron chi connectivity index (χ4n) is 2.72. The van der Waals surface area contributed by atoms with Crippen molar-refractivity contribution in [2.24, 2.45) is 5.92 Å². The van der Waals surface area contributed by atoms with Gasteiger partial charge in [0.1, 0.15) is 5.82 Å². The minimum Gasteiger partial charge on any atom is -0.300 e. The molecule has 104 valence electrons. The number of carbonyl (C=O) groups is 1. The number of carbonyl (C=O) groups excluding carboxylic acids is 1. The van der Waals surface area contributed by atoms with Crippen LogP contribution in [0.5, 0.6) is 0 Å². The topological polar surface area (TPSA) is 20.3 Å². The Morgan fingerprint density at radius 3 is 2.63 bits per heavy atom. The Balaban J connectivity index is 1.87. The van der Waals surface area contributed by atoms with Gasteiger partial charge in [-0.05, 0) is 49.9 Å². The van der Waals surface area contributed by atoms with Gasteiger partial charge in [-0.25, -0.2) is 4.39 Å². The SMILES string of the molecule is CC1CCC(C)N(CCC(=O)c2ccc(F)cc2)C1. The van der Waals surface area contributed by atoms with E-state index >= 15 is 0 Å². The number of Topliss-reactive ketones (excluding diaryl/α,β-unsaturated/α-hetero) is 1. The second kappa shape index (κ2) is 6.29. The van der Waals surface area contributed by atoms with Crippen molar-refractivity contribution in [2.75, 3.05) is 13.1 Å². The Morgan fingerprint density at radius 2 is 1.95 bits per heavy atom. The summed E-state index contributed by atoms with van der Waals surface area (Å²) < 4.78 is 12.8. The highest BCUT2D eigenvalue weighted by molar-refractivity contribution is 5.96. The first-order valence-electron chi connectivity index (χ1n) is 7.09. The molecule has 1 heterocycles. The van der Waals surface area contributed by atoms with E-state index in [4.69, 9.17) is 0 Å². The monoisotopic (exact) mass is 263 g/mol. The molecule has 0 aromatic heterocycles. The second-order valence-electron chi connectivity index (χ2n) is 5.71. The number of likely N-dealkylation sites (tertiary alicyclic amines) is 1. The highest BCUT2D eigenvalue weighted by atomic mass is 19.1. The maximum Gasteiger partial charge on any atom is 0.164 e. The molecule has 0 N–H and O–H groups in total. The molecule has 2 rings (SSSR count). The molecule has 0 saturated carbocycles. The van der Waals surface area contributed by atoms with E-state index in [2.05, 4.69) is 18.7 Å². The summed E-state index contributed by atoms with van der Waals surface area (Å²) >= 11 is 0. The molecule has 2 atom stereocenters. The number of piperidine rings is 1. The summed E-state index contributed by atoms with van der Waals surface area (Å²) in [5, 5.41) is 0. The molecule has 0 spiro atoms. The lowest BCUT2D eigenvalue weighted by molar-refractivity contribution is 0.0900. The summed E-state index contributed by atoms with van der Waals surface area (Å²) in [7, 11) is 0. The van der Waals surface area contributed by atoms with Crippen LogP contribution in [0.1, 0.15) is 43.5 Å². The van der Waals surface area contributed by atoms with Crippen LogP contribution in [0.3, 0.4) is 0 Å². The summed E-state index contributed by atoms with van der Waals surface area (Å²) in [5.74, 6) is 0.526. The van der Waals surface area contributed by atoms with Crippen molar-refractivity contribution in [3.05, 3.63) is 35.6 Å². The number of ketones is 1. The smallest absolute Gasteiger partial charge is 0.164 e. The summed E-state index contributed by atoms with van der Waals surface area (Å²) in [4.78, 5) is 14.4. The number of hydrogen-bond acceptors (Lipinski definition) is 2. The summed E-state index contributed by atoms with van der Waals surface area (Å²) in [6.07, 6.45) is 3.01. The highest BCUT2D eigenvalue weighted by Gasteiger charge is 2.23. The van der Waals surface area contributed by atoms with Gasteiger partial charge in [0.05, 0.1) is 0 Å². The van der Waals surface area contributed by atoms with Gasteiger partial charge >= 0.3 is 0 Å². The molecule has 0 aliphatic carbocycles. The van der Waals surface area contributed by atoms with Gasteiger partial charge in [-0.15, -0.1) is 0 Å². The second-order valence-corrected chi connectivity index (χ2v) is 5.71. The minimum absolute atomic E-state index is 0.102.